The van der Waals surface area contributed by atoms with Crippen LogP contribution in [0.5, 0.6) is 5.75 Å². The molecule has 0 amide bonds. The van der Waals surface area contributed by atoms with Gasteiger partial charge in [-0.2, -0.15) is 0 Å². The highest BCUT2D eigenvalue weighted by molar-refractivity contribution is 5.33. The number of aromatic nitrogens is 1. The Kier molecular flexibility index (Phi) is 5.03. The summed E-state index contributed by atoms with van der Waals surface area (Å²) in [5.41, 5.74) is 2.16. The van der Waals surface area contributed by atoms with E-state index in [1.165, 1.54) is 5.56 Å². The molecule has 0 bridgehead atoms. The summed E-state index contributed by atoms with van der Waals surface area (Å²) in [7, 11) is 0. The molecule has 1 aromatic heterocycles. The van der Waals surface area contributed by atoms with Crippen LogP contribution in [-0.4, -0.2) is 35.7 Å². The van der Waals surface area contributed by atoms with Gasteiger partial charge in [0, 0.05) is 30.9 Å². The molecule has 1 atom stereocenters. The number of rotatable bonds is 5. The number of hydrogen-bond acceptors (Lipinski definition) is 4. The van der Waals surface area contributed by atoms with Crippen molar-refractivity contribution < 1.29 is 9.47 Å². The summed E-state index contributed by atoms with van der Waals surface area (Å²) in [4.78, 5) is 6.74. The third kappa shape index (κ3) is 3.84. The molecule has 0 radical (unpaired) electrons. The molecule has 0 aliphatic carbocycles. The van der Waals surface area contributed by atoms with Crippen LogP contribution < -0.4 is 4.74 Å². The Bertz CT molecular complexity index is 589. The molecule has 2 heterocycles. The van der Waals surface area contributed by atoms with Gasteiger partial charge in [0.25, 0.3) is 0 Å². The van der Waals surface area contributed by atoms with Crippen molar-refractivity contribution in [1.29, 1.82) is 0 Å². The zero-order valence-electron chi connectivity index (χ0n) is 12.9. The maximum atomic E-state index is 5.98. The molecule has 1 aliphatic heterocycles. The first-order valence-corrected chi connectivity index (χ1v) is 7.75. The quantitative estimate of drug-likeness (QED) is 0.850. The SMILES string of the molecule is C[C@H]1COCCN1Cc1ccccc1OCc1ccccn1. The van der Waals surface area contributed by atoms with Crippen molar-refractivity contribution in [3.63, 3.8) is 0 Å². The Labute approximate surface area is 131 Å². The maximum absolute atomic E-state index is 5.98. The molecular formula is C18H22N2O2. The van der Waals surface area contributed by atoms with Crippen LogP contribution in [0.1, 0.15) is 18.2 Å². The van der Waals surface area contributed by atoms with E-state index in [2.05, 4.69) is 28.9 Å². The van der Waals surface area contributed by atoms with Crippen LogP contribution in [0.3, 0.4) is 0 Å². The van der Waals surface area contributed by atoms with Gasteiger partial charge in [0.05, 0.1) is 18.9 Å². The Balaban J connectivity index is 1.67. The molecule has 0 spiro atoms. The van der Waals surface area contributed by atoms with Gasteiger partial charge < -0.3 is 9.47 Å². The van der Waals surface area contributed by atoms with Crippen LogP contribution in [0, 0.1) is 0 Å². The van der Waals surface area contributed by atoms with Gasteiger partial charge in [-0.05, 0) is 25.1 Å². The Hall–Kier alpha value is -1.91. The van der Waals surface area contributed by atoms with Gasteiger partial charge in [0.2, 0.25) is 0 Å². The molecular weight excluding hydrogens is 276 g/mol. The van der Waals surface area contributed by atoms with E-state index in [1.54, 1.807) is 6.20 Å². The fourth-order valence-electron chi connectivity index (χ4n) is 2.63. The molecule has 22 heavy (non-hydrogen) atoms. The van der Waals surface area contributed by atoms with Crippen molar-refractivity contribution in [2.45, 2.75) is 26.1 Å². The number of ether oxygens (including phenoxy) is 2. The van der Waals surface area contributed by atoms with Gasteiger partial charge in [-0.3, -0.25) is 9.88 Å². The standard InChI is InChI=1S/C18H22N2O2/c1-15-13-21-11-10-20(15)12-16-6-2-3-8-18(16)22-14-17-7-4-5-9-19-17/h2-9,15H,10-14H2,1H3/t15-/m0/s1. The number of morpholine rings is 1. The first-order chi connectivity index (χ1) is 10.8. The molecule has 3 rings (SSSR count). The largest absolute Gasteiger partial charge is 0.487 e. The fraction of sp³-hybridized carbons (Fsp3) is 0.389. The van der Waals surface area contributed by atoms with Crippen LogP contribution >= 0.6 is 0 Å². The number of benzene rings is 1. The minimum absolute atomic E-state index is 0.442. The highest BCUT2D eigenvalue weighted by Gasteiger charge is 2.19. The molecule has 2 aromatic rings. The normalized spacial score (nSPS) is 19.0. The summed E-state index contributed by atoms with van der Waals surface area (Å²) < 4.78 is 11.5. The predicted molar refractivity (Wildman–Crippen MR) is 85.7 cm³/mol. The number of para-hydroxylation sites is 1. The molecule has 1 fully saturated rings. The average Bonchev–Trinajstić information content (AvgIpc) is 2.57. The lowest BCUT2D eigenvalue weighted by Crippen LogP contribution is -2.42. The summed E-state index contributed by atoms with van der Waals surface area (Å²) in [5.74, 6) is 0.937. The van der Waals surface area contributed by atoms with Gasteiger partial charge in [0.15, 0.2) is 0 Å². The lowest BCUT2D eigenvalue weighted by molar-refractivity contribution is -0.00473. The molecule has 1 aromatic carbocycles. The molecule has 1 saturated heterocycles. The van der Waals surface area contributed by atoms with Crippen LogP contribution in [0.15, 0.2) is 48.7 Å². The van der Waals surface area contributed by atoms with Gasteiger partial charge in [-0.1, -0.05) is 24.3 Å². The minimum atomic E-state index is 0.442. The van der Waals surface area contributed by atoms with Gasteiger partial charge in [-0.25, -0.2) is 0 Å². The molecule has 0 saturated carbocycles. The second-order valence-electron chi connectivity index (χ2n) is 5.61. The summed E-state index contributed by atoms with van der Waals surface area (Å²) in [6, 6.07) is 14.6. The second kappa shape index (κ2) is 7.38. The minimum Gasteiger partial charge on any atom is -0.487 e. The lowest BCUT2D eigenvalue weighted by Gasteiger charge is -2.33. The summed E-state index contributed by atoms with van der Waals surface area (Å²) >= 11 is 0. The van der Waals surface area contributed by atoms with Gasteiger partial charge in [0.1, 0.15) is 12.4 Å². The maximum Gasteiger partial charge on any atom is 0.130 e. The molecule has 0 unspecified atom stereocenters. The lowest BCUT2D eigenvalue weighted by atomic mass is 10.1. The summed E-state index contributed by atoms with van der Waals surface area (Å²) in [5, 5.41) is 0. The van der Waals surface area contributed by atoms with Crippen molar-refractivity contribution in [1.82, 2.24) is 9.88 Å². The van der Waals surface area contributed by atoms with Crippen molar-refractivity contribution in [3.05, 3.63) is 59.9 Å². The van der Waals surface area contributed by atoms with E-state index in [1.807, 2.05) is 30.3 Å². The summed E-state index contributed by atoms with van der Waals surface area (Å²) in [6.45, 7) is 6.17. The van der Waals surface area contributed by atoms with Crippen LogP contribution in [0.4, 0.5) is 0 Å². The Morgan fingerprint density at radius 3 is 2.91 bits per heavy atom. The third-order valence-electron chi connectivity index (χ3n) is 3.95. The second-order valence-corrected chi connectivity index (χ2v) is 5.61. The van der Waals surface area contributed by atoms with E-state index in [4.69, 9.17) is 9.47 Å². The van der Waals surface area contributed by atoms with Gasteiger partial charge in [-0.15, -0.1) is 0 Å². The highest BCUT2D eigenvalue weighted by Crippen LogP contribution is 2.22. The summed E-state index contributed by atoms with van der Waals surface area (Å²) in [6.07, 6.45) is 1.79. The van der Waals surface area contributed by atoms with E-state index in [0.29, 0.717) is 12.6 Å². The smallest absolute Gasteiger partial charge is 0.130 e. The zero-order valence-corrected chi connectivity index (χ0v) is 12.9. The topological polar surface area (TPSA) is 34.6 Å². The van der Waals surface area contributed by atoms with Crippen molar-refractivity contribution in [2.24, 2.45) is 0 Å². The molecule has 0 N–H and O–H groups in total. The van der Waals surface area contributed by atoms with E-state index in [-0.39, 0.29) is 0 Å². The van der Waals surface area contributed by atoms with Crippen LogP contribution in [-0.2, 0) is 17.9 Å². The Morgan fingerprint density at radius 2 is 2.09 bits per heavy atom. The van der Waals surface area contributed by atoms with Gasteiger partial charge >= 0.3 is 0 Å². The van der Waals surface area contributed by atoms with Crippen molar-refractivity contribution in [3.8, 4) is 5.75 Å². The van der Waals surface area contributed by atoms with E-state index < -0.39 is 0 Å². The molecule has 4 nitrogen and oxygen atoms in total. The van der Waals surface area contributed by atoms with Crippen LogP contribution in [0.25, 0.3) is 0 Å². The van der Waals surface area contributed by atoms with Crippen molar-refractivity contribution >= 4 is 0 Å². The predicted octanol–water partition coefficient (Wildman–Crippen LogP) is 2.88. The van der Waals surface area contributed by atoms with E-state index in [0.717, 1.165) is 37.7 Å². The fourth-order valence-corrected chi connectivity index (χ4v) is 2.63. The highest BCUT2D eigenvalue weighted by atomic mass is 16.5. The number of hydrogen-bond donors (Lipinski definition) is 0. The molecule has 4 heteroatoms. The molecule has 116 valence electrons. The monoisotopic (exact) mass is 298 g/mol. The molecule has 1 aliphatic rings. The number of pyridine rings is 1. The Morgan fingerprint density at radius 1 is 1.23 bits per heavy atom. The first-order valence-electron chi connectivity index (χ1n) is 7.75. The van der Waals surface area contributed by atoms with Crippen molar-refractivity contribution in [2.75, 3.05) is 19.8 Å². The first kappa shape index (κ1) is 15.0. The van der Waals surface area contributed by atoms with Crippen LogP contribution in [0.2, 0.25) is 0 Å². The zero-order chi connectivity index (χ0) is 15.2. The van der Waals surface area contributed by atoms with E-state index >= 15 is 0 Å². The number of nitrogens with zero attached hydrogens (tertiary/aromatic N) is 2. The average molecular weight is 298 g/mol. The van der Waals surface area contributed by atoms with E-state index in [9.17, 15) is 0 Å². The third-order valence-corrected chi connectivity index (χ3v) is 3.95.